The maximum Gasteiger partial charge on any atom is 0.416 e. The van der Waals surface area contributed by atoms with Gasteiger partial charge < -0.3 is 0 Å². The summed E-state index contributed by atoms with van der Waals surface area (Å²) in [5.74, 6) is 0. The van der Waals surface area contributed by atoms with E-state index in [4.69, 9.17) is 63.3 Å². The summed E-state index contributed by atoms with van der Waals surface area (Å²) in [4.78, 5) is 0. The number of H-pyrrole nitrogens is 1. The third-order valence-corrected chi connectivity index (χ3v) is 4.42. The van der Waals surface area contributed by atoms with Crippen LogP contribution in [0.5, 0.6) is 0 Å². The number of halogens is 8. The minimum absolute atomic E-state index is 0.0130. The van der Waals surface area contributed by atoms with Crippen LogP contribution in [0.25, 0.3) is 16.3 Å². The second kappa shape index (κ2) is 7.03. The molecular weight excluding hydrogens is 432 g/mol. The first-order chi connectivity index (χ1) is 11.1. The van der Waals surface area contributed by atoms with Crippen molar-refractivity contribution in [3.63, 3.8) is 0 Å². The number of nitrogens with zero attached hydrogens (tertiary/aromatic N) is 2. The van der Waals surface area contributed by atoms with Gasteiger partial charge in [-0.3, -0.25) is 5.10 Å². The highest BCUT2D eigenvalue weighted by Crippen LogP contribution is 2.44. The molecule has 0 fully saturated rings. The minimum atomic E-state index is -4.63. The van der Waals surface area contributed by atoms with Gasteiger partial charge in [0.05, 0.1) is 31.9 Å². The first-order valence-electron chi connectivity index (χ1n) is 5.84. The summed E-state index contributed by atoms with van der Waals surface area (Å²) in [5.41, 5.74) is -1.24. The van der Waals surface area contributed by atoms with Crippen molar-refractivity contribution >= 4 is 63.0 Å². The number of nitrogens with one attached hydrogen (secondary N) is 1. The minimum Gasteiger partial charge on any atom is -0.276 e. The zero-order valence-corrected chi connectivity index (χ0v) is 14.9. The third-order valence-electron chi connectivity index (χ3n) is 2.88. The summed E-state index contributed by atoms with van der Waals surface area (Å²) in [6, 6.07) is 3.14. The molecule has 0 saturated carbocycles. The van der Waals surface area contributed by atoms with Crippen LogP contribution >= 0.6 is 58.0 Å². The van der Waals surface area contributed by atoms with Crippen molar-refractivity contribution in [3.8, 4) is 17.3 Å². The number of rotatable bonds is 2. The molecule has 1 aromatic heterocycles. The van der Waals surface area contributed by atoms with Gasteiger partial charge in [-0.25, -0.2) is 0 Å². The molecule has 0 aliphatic heterocycles. The van der Waals surface area contributed by atoms with Gasteiger partial charge >= 0.3 is 6.18 Å². The van der Waals surface area contributed by atoms with Crippen LogP contribution in [0, 0.1) is 11.3 Å². The zero-order valence-electron chi connectivity index (χ0n) is 11.1. The summed E-state index contributed by atoms with van der Waals surface area (Å²) >= 11 is 29.1. The van der Waals surface area contributed by atoms with Crippen molar-refractivity contribution in [2.45, 2.75) is 6.18 Å². The maximum absolute atomic E-state index is 12.8. The lowest BCUT2D eigenvalue weighted by Gasteiger charge is -2.12. The van der Waals surface area contributed by atoms with Crippen molar-refractivity contribution in [1.82, 2.24) is 10.2 Å². The Morgan fingerprint density at radius 3 is 2.08 bits per heavy atom. The number of hydrogen-bond donors (Lipinski definition) is 1. The Labute approximate surface area is 158 Å². The van der Waals surface area contributed by atoms with Crippen molar-refractivity contribution in [1.29, 1.82) is 5.26 Å². The van der Waals surface area contributed by atoms with E-state index in [0.29, 0.717) is 12.1 Å². The Kier molecular flexibility index (Phi) is 5.63. The Morgan fingerprint density at radius 1 is 1.12 bits per heavy atom. The van der Waals surface area contributed by atoms with Gasteiger partial charge in [-0.15, -0.1) is 0 Å². The largest absolute Gasteiger partial charge is 0.416 e. The van der Waals surface area contributed by atoms with E-state index >= 15 is 0 Å². The van der Waals surface area contributed by atoms with Gasteiger partial charge in [0.2, 0.25) is 0 Å². The highest BCUT2D eigenvalue weighted by molar-refractivity contribution is 6.67. The molecule has 11 heteroatoms. The molecule has 0 spiro atoms. The topological polar surface area (TPSA) is 52.5 Å². The number of aromatic amines is 1. The van der Waals surface area contributed by atoms with Crippen molar-refractivity contribution < 1.29 is 13.2 Å². The summed E-state index contributed by atoms with van der Waals surface area (Å²) in [6.07, 6.45) is -4.63. The molecule has 0 amide bonds. The first kappa shape index (κ1) is 19.2. The summed E-state index contributed by atoms with van der Waals surface area (Å²) in [5, 5.41) is 14.4. The molecule has 3 nitrogen and oxygen atoms in total. The fourth-order valence-corrected chi connectivity index (χ4v) is 2.94. The fraction of sp³-hybridized carbons (Fsp3) is 0.0769. The van der Waals surface area contributed by atoms with E-state index < -0.39 is 11.7 Å². The van der Waals surface area contributed by atoms with Crippen LogP contribution < -0.4 is 0 Å². The third kappa shape index (κ3) is 3.61. The lowest BCUT2D eigenvalue weighted by molar-refractivity contribution is -0.137. The SMILES string of the molecule is N#Cc1n[nH]c(-c2c(Cl)cc(C(F)(F)F)cc2Cl)c1C(Cl)=C(Cl)Cl. The molecule has 0 atom stereocenters. The molecular formula is C13H3Cl5F3N3. The van der Waals surface area contributed by atoms with Gasteiger partial charge in [0.15, 0.2) is 5.69 Å². The van der Waals surface area contributed by atoms with Crippen LogP contribution in [0.15, 0.2) is 16.6 Å². The molecule has 24 heavy (non-hydrogen) atoms. The number of aromatic nitrogens is 2. The smallest absolute Gasteiger partial charge is 0.276 e. The molecule has 0 unspecified atom stereocenters. The predicted octanol–water partition coefficient (Wildman–Crippen LogP) is 6.62. The molecule has 1 N–H and O–H groups in total. The molecule has 0 saturated heterocycles. The van der Waals surface area contributed by atoms with E-state index in [1.54, 1.807) is 6.07 Å². The second-order valence-electron chi connectivity index (χ2n) is 4.32. The highest BCUT2D eigenvalue weighted by atomic mass is 35.5. The van der Waals surface area contributed by atoms with Gasteiger partial charge in [-0.2, -0.15) is 23.5 Å². The quantitative estimate of drug-likeness (QED) is 0.577. The van der Waals surface area contributed by atoms with E-state index in [2.05, 4.69) is 10.2 Å². The summed E-state index contributed by atoms with van der Waals surface area (Å²) in [6.45, 7) is 0. The highest BCUT2D eigenvalue weighted by Gasteiger charge is 2.33. The van der Waals surface area contributed by atoms with E-state index in [1.165, 1.54) is 0 Å². The second-order valence-corrected chi connectivity index (χ2v) is 6.46. The average molecular weight is 435 g/mol. The van der Waals surface area contributed by atoms with E-state index in [1.807, 2.05) is 0 Å². The van der Waals surface area contributed by atoms with Crippen LogP contribution in [0.2, 0.25) is 10.0 Å². The van der Waals surface area contributed by atoms with Crippen LogP contribution in [-0.2, 0) is 6.18 Å². The van der Waals surface area contributed by atoms with Gasteiger partial charge in [-0.05, 0) is 12.1 Å². The lowest BCUT2D eigenvalue weighted by Crippen LogP contribution is -2.05. The number of benzene rings is 1. The zero-order chi connectivity index (χ0) is 18.2. The van der Waals surface area contributed by atoms with Crippen molar-refractivity contribution in [2.24, 2.45) is 0 Å². The van der Waals surface area contributed by atoms with Crippen LogP contribution in [0.3, 0.4) is 0 Å². The maximum atomic E-state index is 12.8. The Hall–Kier alpha value is -1.10. The molecule has 1 aromatic carbocycles. The van der Waals surface area contributed by atoms with Crippen LogP contribution in [0.1, 0.15) is 16.8 Å². The van der Waals surface area contributed by atoms with Gasteiger partial charge in [0.25, 0.3) is 0 Å². The van der Waals surface area contributed by atoms with E-state index in [-0.39, 0.29) is 42.1 Å². The van der Waals surface area contributed by atoms with Crippen LogP contribution in [-0.4, -0.2) is 10.2 Å². The summed E-state index contributed by atoms with van der Waals surface area (Å²) in [7, 11) is 0. The first-order valence-corrected chi connectivity index (χ1v) is 7.73. The van der Waals surface area contributed by atoms with Crippen molar-refractivity contribution in [3.05, 3.63) is 43.5 Å². The van der Waals surface area contributed by atoms with E-state index in [0.717, 1.165) is 0 Å². The fourth-order valence-electron chi connectivity index (χ4n) is 1.89. The number of nitriles is 1. The lowest BCUT2D eigenvalue weighted by atomic mass is 10.0. The molecule has 1 heterocycles. The predicted molar refractivity (Wildman–Crippen MR) is 88.2 cm³/mol. The molecule has 0 aliphatic carbocycles. The molecule has 2 rings (SSSR count). The standard InChI is InChI=1S/C13H3Cl5F3N3/c14-5-1-4(13(19,20)21)2-6(15)8(5)11-9(10(16)12(17)18)7(3-22)23-24-11/h1-2H,(H,23,24). The summed E-state index contributed by atoms with van der Waals surface area (Å²) < 4.78 is 38.1. The Balaban J connectivity index is 2.78. The normalized spacial score (nSPS) is 11.3. The molecule has 0 radical (unpaired) electrons. The van der Waals surface area contributed by atoms with E-state index in [9.17, 15) is 13.2 Å². The molecule has 0 aliphatic rings. The Morgan fingerprint density at radius 2 is 1.67 bits per heavy atom. The molecule has 0 bridgehead atoms. The van der Waals surface area contributed by atoms with Gasteiger partial charge in [0, 0.05) is 5.56 Å². The monoisotopic (exact) mass is 433 g/mol. The average Bonchev–Trinajstić information content (AvgIpc) is 2.88. The Bertz CT molecular complexity index is 853. The molecule has 2 aromatic rings. The number of alkyl halides is 3. The molecule has 126 valence electrons. The van der Waals surface area contributed by atoms with Gasteiger partial charge in [0.1, 0.15) is 10.6 Å². The van der Waals surface area contributed by atoms with Crippen LogP contribution in [0.4, 0.5) is 13.2 Å². The van der Waals surface area contributed by atoms with Crippen molar-refractivity contribution in [2.75, 3.05) is 0 Å². The number of hydrogen-bond acceptors (Lipinski definition) is 2. The van der Waals surface area contributed by atoms with Gasteiger partial charge in [-0.1, -0.05) is 58.0 Å².